The Balaban J connectivity index is 2.53. The van der Waals surface area contributed by atoms with Crippen LogP contribution in [-0.4, -0.2) is 12.1 Å². The van der Waals surface area contributed by atoms with Crippen molar-refractivity contribution in [2.75, 3.05) is 0 Å². The lowest BCUT2D eigenvalue weighted by Crippen LogP contribution is -2.95. The topological polar surface area (TPSA) is 16.6 Å². The molecule has 1 nitrogen and oxygen atoms in total. The largest absolute Gasteiger partial charge is 0.337 e. The summed E-state index contributed by atoms with van der Waals surface area (Å²) >= 11 is 0. The van der Waals surface area contributed by atoms with E-state index in [-0.39, 0.29) is 0 Å². The van der Waals surface area contributed by atoms with Gasteiger partial charge in [-0.05, 0) is 13.0 Å². The molecule has 0 aromatic carbocycles. The van der Waals surface area contributed by atoms with Gasteiger partial charge in [0, 0.05) is 19.3 Å². The maximum Gasteiger partial charge on any atom is 0.108 e. The average Bonchev–Trinajstić information content (AvgIpc) is 2.04. The van der Waals surface area contributed by atoms with Gasteiger partial charge in [0.05, 0.1) is 6.04 Å². The molecule has 0 fully saturated rings. The van der Waals surface area contributed by atoms with E-state index in [1.54, 1.807) is 0 Å². The van der Waals surface area contributed by atoms with Gasteiger partial charge in [-0.2, -0.15) is 0 Å². The number of nitrogens with two attached hydrogens (primary N) is 1. The van der Waals surface area contributed by atoms with Gasteiger partial charge in [-0.25, -0.2) is 0 Å². The van der Waals surface area contributed by atoms with E-state index in [4.69, 9.17) is 0 Å². The molecule has 0 radical (unpaired) electrons. The van der Waals surface area contributed by atoms with E-state index in [1.165, 1.54) is 12.0 Å². The molecule has 0 unspecified atom stereocenters. The minimum Gasteiger partial charge on any atom is -0.337 e. The van der Waals surface area contributed by atoms with Crippen molar-refractivity contribution in [1.29, 1.82) is 0 Å². The Kier molecular flexibility index (Phi) is 3.97. The minimum atomic E-state index is 0.608. The quantitative estimate of drug-likeness (QED) is 0.632. The monoisotopic (exact) mass is 178 g/mol. The fourth-order valence-electron chi connectivity index (χ4n) is 2.04. The normalized spacial score (nSPS) is 27.9. The summed E-state index contributed by atoms with van der Waals surface area (Å²) in [5.74, 6) is 0. The molecule has 0 bridgehead atoms. The number of rotatable bonds is 4. The maximum atomic E-state index is 3.79. The van der Waals surface area contributed by atoms with Crippen LogP contribution in [0.2, 0.25) is 0 Å². The minimum absolute atomic E-state index is 0.608. The zero-order chi connectivity index (χ0) is 9.68. The Morgan fingerprint density at radius 2 is 2.15 bits per heavy atom. The molecule has 0 amide bonds. The molecule has 2 atom stereocenters. The second-order valence-corrected chi connectivity index (χ2v) is 3.88. The van der Waals surface area contributed by atoms with Gasteiger partial charge in [-0.15, -0.1) is 13.2 Å². The lowest BCUT2D eigenvalue weighted by Gasteiger charge is -2.24. The molecule has 0 aromatic heterocycles. The molecular formula is C12H20N+. The van der Waals surface area contributed by atoms with Crippen LogP contribution in [0.25, 0.3) is 0 Å². The zero-order valence-corrected chi connectivity index (χ0v) is 8.50. The fraction of sp³-hybridized carbons (Fsp3) is 0.500. The molecule has 1 heteroatoms. The Hall–Kier alpha value is -0.820. The van der Waals surface area contributed by atoms with Gasteiger partial charge in [0.25, 0.3) is 0 Å². The molecule has 0 aliphatic carbocycles. The van der Waals surface area contributed by atoms with Crippen molar-refractivity contribution in [1.82, 2.24) is 0 Å². The summed E-state index contributed by atoms with van der Waals surface area (Å²) in [6.45, 7) is 9.79. The number of hydrogen-bond donors (Lipinski definition) is 1. The highest BCUT2D eigenvalue weighted by atomic mass is 15.0. The van der Waals surface area contributed by atoms with Crippen LogP contribution in [0, 0.1) is 0 Å². The van der Waals surface area contributed by atoms with E-state index in [0.717, 1.165) is 12.8 Å². The Morgan fingerprint density at radius 3 is 2.77 bits per heavy atom. The molecule has 1 aliphatic heterocycles. The van der Waals surface area contributed by atoms with Crippen LogP contribution in [0.5, 0.6) is 0 Å². The average molecular weight is 178 g/mol. The van der Waals surface area contributed by atoms with E-state index in [9.17, 15) is 0 Å². The Bertz CT molecular complexity index is 215. The van der Waals surface area contributed by atoms with E-state index in [2.05, 4.69) is 31.5 Å². The lowest BCUT2D eigenvalue weighted by atomic mass is 9.95. The molecule has 72 valence electrons. The summed E-state index contributed by atoms with van der Waals surface area (Å²) in [5.41, 5.74) is 1.52. The number of hydrogen-bond acceptors (Lipinski definition) is 0. The van der Waals surface area contributed by atoms with E-state index >= 15 is 0 Å². The fourth-order valence-corrected chi connectivity index (χ4v) is 2.04. The summed E-state index contributed by atoms with van der Waals surface area (Å²) in [7, 11) is 0. The molecule has 0 spiro atoms. The van der Waals surface area contributed by atoms with Gasteiger partial charge in [0.1, 0.15) is 6.04 Å². The van der Waals surface area contributed by atoms with Crippen molar-refractivity contribution in [3.63, 3.8) is 0 Å². The third kappa shape index (κ3) is 3.19. The highest BCUT2D eigenvalue weighted by Gasteiger charge is 2.21. The first-order chi connectivity index (χ1) is 6.26. The summed E-state index contributed by atoms with van der Waals surface area (Å²) in [6.07, 6.45) is 9.77. The van der Waals surface area contributed by atoms with Crippen molar-refractivity contribution in [3.8, 4) is 0 Å². The molecule has 0 aromatic rings. The van der Waals surface area contributed by atoms with Crippen LogP contribution >= 0.6 is 0 Å². The lowest BCUT2D eigenvalue weighted by molar-refractivity contribution is -0.713. The van der Waals surface area contributed by atoms with E-state index in [0.29, 0.717) is 12.1 Å². The number of quaternary nitrogens is 1. The second kappa shape index (κ2) is 5.03. The molecule has 0 saturated carbocycles. The van der Waals surface area contributed by atoms with Crippen LogP contribution in [0.1, 0.15) is 26.2 Å². The first-order valence-corrected chi connectivity index (χ1v) is 5.00. The van der Waals surface area contributed by atoms with Gasteiger partial charge in [-0.3, -0.25) is 0 Å². The van der Waals surface area contributed by atoms with Crippen molar-refractivity contribution < 1.29 is 5.32 Å². The maximum absolute atomic E-state index is 3.79. The van der Waals surface area contributed by atoms with Gasteiger partial charge in [0.2, 0.25) is 0 Å². The summed E-state index contributed by atoms with van der Waals surface area (Å²) in [4.78, 5) is 0. The summed E-state index contributed by atoms with van der Waals surface area (Å²) in [5, 5.41) is 2.44. The van der Waals surface area contributed by atoms with Crippen LogP contribution in [0.4, 0.5) is 0 Å². The third-order valence-corrected chi connectivity index (χ3v) is 2.51. The molecule has 1 heterocycles. The molecule has 1 rings (SSSR count). The standard InChI is InChI=1S/C12H19N/c1-4-6-11-8-10(3)9-12(13-11)7-5-2/h4-5,8,11-13H,1-2,6-7,9H2,3H3/p+1/t11-,12-/m0/s1. The highest BCUT2D eigenvalue weighted by Crippen LogP contribution is 2.11. The van der Waals surface area contributed by atoms with E-state index in [1.807, 2.05) is 12.2 Å². The Labute approximate surface area is 81.2 Å². The van der Waals surface area contributed by atoms with Crippen molar-refractivity contribution in [3.05, 3.63) is 37.0 Å². The third-order valence-electron chi connectivity index (χ3n) is 2.51. The highest BCUT2D eigenvalue weighted by molar-refractivity contribution is 5.07. The van der Waals surface area contributed by atoms with Crippen LogP contribution < -0.4 is 5.32 Å². The van der Waals surface area contributed by atoms with Gasteiger partial charge < -0.3 is 5.32 Å². The Morgan fingerprint density at radius 1 is 1.46 bits per heavy atom. The second-order valence-electron chi connectivity index (χ2n) is 3.88. The molecular weight excluding hydrogens is 158 g/mol. The molecule has 1 aliphatic rings. The van der Waals surface area contributed by atoms with Crippen LogP contribution in [0.15, 0.2) is 37.0 Å². The molecule has 0 saturated heterocycles. The summed E-state index contributed by atoms with van der Waals surface area (Å²) < 4.78 is 0. The van der Waals surface area contributed by atoms with Crippen molar-refractivity contribution in [2.45, 2.75) is 38.3 Å². The zero-order valence-electron chi connectivity index (χ0n) is 8.50. The van der Waals surface area contributed by atoms with Gasteiger partial charge in [-0.1, -0.05) is 17.7 Å². The SMILES string of the molecule is C=CC[C@H]1CC(C)=C[C@H](CC=C)[NH2+]1. The predicted octanol–water partition coefficient (Wildman–Crippen LogP) is 1.79. The van der Waals surface area contributed by atoms with Crippen molar-refractivity contribution >= 4 is 0 Å². The van der Waals surface area contributed by atoms with E-state index < -0.39 is 0 Å². The summed E-state index contributed by atoms with van der Waals surface area (Å²) in [6, 6.07) is 1.31. The first kappa shape index (κ1) is 10.3. The van der Waals surface area contributed by atoms with Crippen LogP contribution in [0.3, 0.4) is 0 Å². The van der Waals surface area contributed by atoms with Gasteiger partial charge >= 0.3 is 0 Å². The smallest absolute Gasteiger partial charge is 0.108 e. The molecule has 13 heavy (non-hydrogen) atoms. The predicted molar refractivity (Wildman–Crippen MR) is 57.5 cm³/mol. The first-order valence-electron chi connectivity index (χ1n) is 5.00. The van der Waals surface area contributed by atoms with Crippen molar-refractivity contribution in [2.24, 2.45) is 0 Å². The molecule has 2 N–H and O–H groups in total. The van der Waals surface area contributed by atoms with Gasteiger partial charge in [0.15, 0.2) is 0 Å². The van der Waals surface area contributed by atoms with Crippen LogP contribution in [-0.2, 0) is 0 Å².